The zero-order valence-corrected chi connectivity index (χ0v) is 13.0. The molecule has 0 aliphatic heterocycles. The van der Waals surface area contributed by atoms with E-state index in [-0.39, 0.29) is 17.1 Å². The predicted octanol–water partition coefficient (Wildman–Crippen LogP) is 4.83. The van der Waals surface area contributed by atoms with Gasteiger partial charge in [0.05, 0.1) is 5.25 Å². The Hall–Kier alpha value is -0.360. The minimum absolute atomic E-state index is 0.0415. The molecule has 0 saturated carbocycles. The summed E-state index contributed by atoms with van der Waals surface area (Å²) in [4.78, 5) is 1.80. The van der Waals surface area contributed by atoms with Crippen molar-refractivity contribution in [2.45, 2.75) is 23.1 Å². The van der Waals surface area contributed by atoms with Crippen molar-refractivity contribution in [2.24, 2.45) is 5.73 Å². The third-order valence-corrected chi connectivity index (χ3v) is 5.88. The number of hydrogen-bond acceptors (Lipinski definition) is 3. The van der Waals surface area contributed by atoms with Gasteiger partial charge in [0, 0.05) is 25.7 Å². The summed E-state index contributed by atoms with van der Waals surface area (Å²) in [6.07, 6.45) is 0. The minimum atomic E-state index is -0.191. The van der Waals surface area contributed by atoms with E-state index >= 15 is 0 Å². The molecular formula is C13H13BrFNS2. The van der Waals surface area contributed by atoms with Gasteiger partial charge in [0.1, 0.15) is 5.82 Å². The molecule has 2 atom stereocenters. The quantitative estimate of drug-likeness (QED) is 0.803. The molecule has 0 saturated heterocycles. The number of nitrogens with two attached hydrogens (primary N) is 1. The van der Waals surface area contributed by atoms with Crippen LogP contribution >= 0.6 is 39.0 Å². The molecule has 2 unspecified atom stereocenters. The number of benzene rings is 1. The van der Waals surface area contributed by atoms with Crippen molar-refractivity contribution in [1.29, 1.82) is 0 Å². The molecule has 2 rings (SSSR count). The Labute approximate surface area is 123 Å². The van der Waals surface area contributed by atoms with Crippen molar-refractivity contribution < 1.29 is 4.39 Å². The van der Waals surface area contributed by atoms with Gasteiger partial charge >= 0.3 is 0 Å². The van der Waals surface area contributed by atoms with Crippen LogP contribution in [0.3, 0.4) is 0 Å². The number of rotatable bonds is 4. The van der Waals surface area contributed by atoms with E-state index in [0.717, 1.165) is 9.35 Å². The third-order valence-electron chi connectivity index (χ3n) is 2.44. The second kappa shape index (κ2) is 6.19. The molecule has 0 aliphatic carbocycles. The first kappa shape index (κ1) is 14.1. The molecule has 0 bridgehead atoms. The molecule has 2 aromatic rings. The van der Waals surface area contributed by atoms with Crippen molar-refractivity contribution in [3.63, 3.8) is 0 Å². The normalized spacial score (nSPS) is 14.4. The first-order valence-corrected chi connectivity index (χ1v) is 8.04. The lowest BCUT2D eigenvalue weighted by Crippen LogP contribution is -2.21. The van der Waals surface area contributed by atoms with Crippen molar-refractivity contribution in [2.75, 3.05) is 0 Å². The summed E-state index contributed by atoms with van der Waals surface area (Å²) in [7, 11) is 0. The summed E-state index contributed by atoms with van der Waals surface area (Å²) in [5.41, 5.74) is 6.02. The van der Waals surface area contributed by atoms with E-state index in [1.807, 2.05) is 24.4 Å². The lowest BCUT2D eigenvalue weighted by molar-refractivity contribution is 0.600. The van der Waals surface area contributed by atoms with Crippen LogP contribution in [0.4, 0.5) is 4.39 Å². The summed E-state index contributed by atoms with van der Waals surface area (Å²) < 4.78 is 14.7. The van der Waals surface area contributed by atoms with Crippen LogP contribution in [0.1, 0.15) is 17.1 Å². The molecule has 5 heteroatoms. The van der Waals surface area contributed by atoms with Gasteiger partial charge in [-0.05, 0) is 41.1 Å². The molecular weight excluding hydrogens is 333 g/mol. The lowest BCUT2D eigenvalue weighted by Gasteiger charge is -2.19. The lowest BCUT2D eigenvalue weighted by atomic mass is 10.2. The number of hydrogen-bond donors (Lipinski definition) is 1. The zero-order valence-electron chi connectivity index (χ0n) is 9.77. The van der Waals surface area contributed by atoms with E-state index in [2.05, 4.69) is 15.9 Å². The summed E-state index contributed by atoms with van der Waals surface area (Å²) in [6.45, 7) is 1.95. The molecule has 0 fully saturated rings. The van der Waals surface area contributed by atoms with Gasteiger partial charge in [0.2, 0.25) is 0 Å². The van der Waals surface area contributed by atoms with Gasteiger partial charge < -0.3 is 5.73 Å². The summed E-state index contributed by atoms with van der Waals surface area (Å²) in [6, 6.07) is 8.81. The number of thiophene rings is 1. The van der Waals surface area contributed by atoms with Crippen molar-refractivity contribution in [1.82, 2.24) is 0 Å². The first-order chi connectivity index (χ1) is 8.58. The Morgan fingerprint density at radius 3 is 2.67 bits per heavy atom. The maximum Gasteiger partial charge on any atom is 0.136 e. The van der Waals surface area contributed by atoms with Crippen LogP contribution < -0.4 is 5.73 Å². The topological polar surface area (TPSA) is 26.0 Å². The molecule has 2 N–H and O–H groups in total. The largest absolute Gasteiger partial charge is 0.327 e. The molecule has 18 heavy (non-hydrogen) atoms. The predicted molar refractivity (Wildman–Crippen MR) is 80.7 cm³/mol. The monoisotopic (exact) mass is 345 g/mol. The highest BCUT2D eigenvalue weighted by Crippen LogP contribution is 2.41. The maximum atomic E-state index is 13.7. The summed E-state index contributed by atoms with van der Waals surface area (Å²) >= 11 is 6.56. The Morgan fingerprint density at radius 1 is 1.39 bits per heavy atom. The molecule has 1 heterocycles. The molecule has 1 nitrogen and oxygen atoms in total. The van der Waals surface area contributed by atoms with Gasteiger partial charge in [-0.1, -0.05) is 12.1 Å². The molecule has 0 aliphatic rings. The van der Waals surface area contributed by atoms with Crippen LogP contribution in [0, 0.1) is 5.82 Å². The average Bonchev–Trinajstić information content (AvgIpc) is 2.74. The zero-order chi connectivity index (χ0) is 13.1. The van der Waals surface area contributed by atoms with Crippen LogP contribution in [0.5, 0.6) is 0 Å². The van der Waals surface area contributed by atoms with Gasteiger partial charge in [0.25, 0.3) is 0 Å². The second-order valence-electron chi connectivity index (χ2n) is 4.00. The number of thioether (sulfide) groups is 1. The van der Waals surface area contributed by atoms with Gasteiger partial charge in [-0.3, -0.25) is 0 Å². The molecule has 1 aromatic heterocycles. The van der Waals surface area contributed by atoms with Crippen LogP contribution in [-0.2, 0) is 0 Å². The standard InChI is InChI=1S/C13H13BrFNS2/c1-8(16)13(12-6-9(14)7-17-12)18-11-5-3-2-4-10(11)15/h2-8,13H,16H2,1H3. The highest BCUT2D eigenvalue weighted by atomic mass is 79.9. The maximum absolute atomic E-state index is 13.7. The minimum Gasteiger partial charge on any atom is -0.327 e. The second-order valence-corrected chi connectivity index (χ2v) is 7.04. The molecule has 0 spiro atoms. The highest BCUT2D eigenvalue weighted by molar-refractivity contribution is 9.10. The van der Waals surface area contributed by atoms with E-state index in [9.17, 15) is 4.39 Å². The Bertz CT molecular complexity index is 527. The van der Waals surface area contributed by atoms with E-state index in [0.29, 0.717) is 4.90 Å². The number of halogens is 2. The Morgan fingerprint density at radius 2 is 2.11 bits per heavy atom. The molecule has 0 amide bonds. The van der Waals surface area contributed by atoms with Crippen molar-refractivity contribution in [3.05, 3.63) is 50.9 Å². The van der Waals surface area contributed by atoms with E-state index in [1.54, 1.807) is 23.5 Å². The average molecular weight is 346 g/mol. The summed E-state index contributed by atoms with van der Waals surface area (Å²) in [5.74, 6) is -0.191. The van der Waals surface area contributed by atoms with Gasteiger partial charge in [0.15, 0.2) is 0 Å². The first-order valence-electron chi connectivity index (χ1n) is 5.48. The highest BCUT2D eigenvalue weighted by Gasteiger charge is 2.20. The van der Waals surface area contributed by atoms with Crippen LogP contribution in [0.25, 0.3) is 0 Å². The van der Waals surface area contributed by atoms with Crippen molar-refractivity contribution in [3.8, 4) is 0 Å². The van der Waals surface area contributed by atoms with Crippen molar-refractivity contribution >= 4 is 39.0 Å². The molecule has 1 aromatic carbocycles. The SMILES string of the molecule is CC(N)C(Sc1ccccc1F)c1cc(Br)cs1. The van der Waals surface area contributed by atoms with E-state index < -0.39 is 0 Å². The van der Waals surface area contributed by atoms with Crippen LogP contribution in [0.2, 0.25) is 0 Å². The van der Waals surface area contributed by atoms with Gasteiger partial charge in [-0.2, -0.15) is 0 Å². The Balaban J connectivity index is 2.25. The fourth-order valence-electron chi connectivity index (χ4n) is 1.58. The molecule has 96 valence electrons. The van der Waals surface area contributed by atoms with E-state index in [4.69, 9.17) is 5.73 Å². The van der Waals surface area contributed by atoms with Crippen LogP contribution in [0.15, 0.2) is 45.1 Å². The smallest absolute Gasteiger partial charge is 0.136 e. The van der Waals surface area contributed by atoms with Gasteiger partial charge in [-0.15, -0.1) is 23.1 Å². The fraction of sp³-hybridized carbons (Fsp3) is 0.231. The molecule has 0 radical (unpaired) electrons. The third kappa shape index (κ3) is 3.35. The van der Waals surface area contributed by atoms with E-state index in [1.165, 1.54) is 17.8 Å². The van der Waals surface area contributed by atoms with Gasteiger partial charge in [-0.25, -0.2) is 4.39 Å². The van der Waals surface area contributed by atoms with Crippen LogP contribution in [-0.4, -0.2) is 6.04 Å². The Kier molecular flexibility index (Phi) is 4.84. The summed E-state index contributed by atoms with van der Waals surface area (Å²) in [5, 5.41) is 2.09. The fourth-order valence-corrected chi connectivity index (χ4v) is 4.44.